The number of aromatic nitrogens is 4. The first-order valence-electron chi connectivity index (χ1n) is 12.8. The van der Waals surface area contributed by atoms with E-state index in [-0.39, 0.29) is 18.0 Å². The monoisotopic (exact) mass is 552 g/mol. The quantitative estimate of drug-likeness (QED) is 0.271. The molecule has 2 heterocycles. The third-order valence-electron chi connectivity index (χ3n) is 6.70. The Morgan fingerprint density at radius 1 is 1.05 bits per heavy atom. The van der Waals surface area contributed by atoms with Crippen LogP contribution in [0.1, 0.15) is 38.9 Å². The van der Waals surface area contributed by atoms with Gasteiger partial charge in [0.25, 0.3) is 11.8 Å². The zero-order chi connectivity index (χ0) is 28.9. The van der Waals surface area contributed by atoms with Gasteiger partial charge in [-0.25, -0.2) is 4.68 Å². The van der Waals surface area contributed by atoms with E-state index in [9.17, 15) is 14.7 Å². The van der Waals surface area contributed by atoms with Crippen LogP contribution in [0, 0.1) is 13.8 Å². The van der Waals surface area contributed by atoms with Crippen molar-refractivity contribution in [2.45, 2.75) is 26.4 Å². The topological polar surface area (TPSA) is 136 Å². The fourth-order valence-corrected chi connectivity index (χ4v) is 4.59. The van der Waals surface area contributed by atoms with E-state index in [1.165, 1.54) is 35.3 Å². The highest BCUT2D eigenvalue weighted by Gasteiger charge is 2.34. The Bertz CT molecular complexity index is 1630. The summed E-state index contributed by atoms with van der Waals surface area (Å²) >= 11 is 0. The Kier molecular flexibility index (Phi) is 7.77. The fourth-order valence-electron chi connectivity index (χ4n) is 4.59. The molecule has 0 saturated carbocycles. The summed E-state index contributed by atoms with van der Waals surface area (Å²) in [5.74, 6) is -0.297. The highest BCUT2D eigenvalue weighted by molar-refractivity contribution is 6.02. The van der Waals surface area contributed by atoms with E-state index < -0.39 is 17.9 Å². The predicted molar refractivity (Wildman–Crippen MR) is 150 cm³/mol. The van der Waals surface area contributed by atoms with Gasteiger partial charge in [0, 0.05) is 11.3 Å². The number of hydrogen-bond acceptors (Lipinski definition) is 8. The average Bonchev–Trinajstić information content (AvgIpc) is 3.70. The minimum Gasteiger partial charge on any atom is -0.504 e. The van der Waals surface area contributed by atoms with E-state index in [1.54, 1.807) is 48.5 Å². The third-order valence-corrected chi connectivity index (χ3v) is 6.70. The molecule has 2 N–H and O–H groups in total. The van der Waals surface area contributed by atoms with Gasteiger partial charge in [-0.15, -0.1) is 5.10 Å². The van der Waals surface area contributed by atoms with Crippen molar-refractivity contribution >= 4 is 17.5 Å². The second-order valence-electron chi connectivity index (χ2n) is 9.40. The Balaban J connectivity index is 1.59. The van der Waals surface area contributed by atoms with Crippen LogP contribution in [0.4, 0.5) is 5.69 Å². The average molecular weight is 553 g/mol. The first kappa shape index (κ1) is 27.1. The number of furan rings is 1. The van der Waals surface area contributed by atoms with Crippen LogP contribution in [0.3, 0.4) is 0 Å². The number of nitrogens with one attached hydrogen (secondary N) is 1. The summed E-state index contributed by atoms with van der Waals surface area (Å²) in [5, 5.41) is 24.5. The normalized spacial score (nSPS) is 11.6. The number of phenols is 1. The molecule has 11 nitrogen and oxygen atoms in total. The summed E-state index contributed by atoms with van der Waals surface area (Å²) in [4.78, 5) is 29.8. The standard InChI is InChI=1S/C30H28N6O5/c1-19-6-4-7-20(2)27(19)32-29(38)28(22-11-14-25(37)26(16-22)40-3)35(17-24-8-5-15-41-24)30(39)21-9-12-23(13-10-21)36-18-31-33-34-36/h4-16,18,28,37H,17H2,1-3H3,(H,32,38)/t28-/m0/s1. The van der Waals surface area contributed by atoms with Crippen molar-refractivity contribution in [3.63, 3.8) is 0 Å². The molecule has 0 bridgehead atoms. The molecular formula is C30H28N6O5. The van der Waals surface area contributed by atoms with Gasteiger partial charge in [-0.2, -0.15) is 0 Å². The lowest BCUT2D eigenvalue weighted by molar-refractivity contribution is -0.121. The molecule has 3 aromatic carbocycles. The molecule has 0 saturated heterocycles. The first-order chi connectivity index (χ1) is 19.9. The van der Waals surface area contributed by atoms with Gasteiger partial charge in [0.05, 0.1) is 25.6 Å². The number of aromatic hydroxyl groups is 1. The highest BCUT2D eigenvalue weighted by Crippen LogP contribution is 2.34. The van der Waals surface area contributed by atoms with Crippen molar-refractivity contribution in [3.8, 4) is 17.2 Å². The molecule has 0 aliphatic carbocycles. The van der Waals surface area contributed by atoms with Crippen LogP contribution >= 0.6 is 0 Å². The number of tetrazole rings is 1. The Morgan fingerprint density at radius 2 is 1.80 bits per heavy atom. The van der Waals surface area contributed by atoms with Gasteiger partial charge in [-0.05, 0) is 89.5 Å². The van der Waals surface area contributed by atoms with Gasteiger partial charge in [-0.3, -0.25) is 9.59 Å². The molecule has 2 amide bonds. The highest BCUT2D eigenvalue weighted by atomic mass is 16.5. The number of ether oxygens (including phenoxy) is 1. The summed E-state index contributed by atoms with van der Waals surface area (Å²) in [6, 6.07) is 19.3. The van der Waals surface area contributed by atoms with Crippen molar-refractivity contribution in [2.75, 3.05) is 12.4 Å². The minimum atomic E-state index is -1.12. The molecule has 11 heteroatoms. The predicted octanol–water partition coefficient (Wildman–Crippen LogP) is 4.61. The molecule has 0 fully saturated rings. The van der Waals surface area contributed by atoms with E-state index in [2.05, 4.69) is 20.8 Å². The molecule has 1 atom stereocenters. The van der Waals surface area contributed by atoms with E-state index in [0.717, 1.165) is 11.1 Å². The van der Waals surface area contributed by atoms with Crippen molar-refractivity contribution < 1.29 is 23.8 Å². The number of nitrogens with zero attached hydrogens (tertiary/aromatic N) is 5. The van der Waals surface area contributed by atoms with E-state index >= 15 is 0 Å². The smallest absolute Gasteiger partial charge is 0.255 e. The number of amides is 2. The molecule has 41 heavy (non-hydrogen) atoms. The van der Waals surface area contributed by atoms with Crippen LogP contribution in [0.15, 0.2) is 89.8 Å². The van der Waals surface area contributed by atoms with Crippen molar-refractivity contribution in [2.24, 2.45) is 0 Å². The van der Waals surface area contributed by atoms with Gasteiger partial charge in [0.15, 0.2) is 11.5 Å². The van der Waals surface area contributed by atoms with Crippen LogP contribution in [0.5, 0.6) is 11.5 Å². The SMILES string of the molecule is COc1cc([C@@H](C(=O)Nc2c(C)cccc2C)N(Cc2ccco2)C(=O)c2ccc(-n3cnnn3)cc2)ccc1O. The van der Waals surface area contributed by atoms with Crippen molar-refractivity contribution in [1.82, 2.24) is 25.1 Å². The Hall–Kier alpha value is -5.45. The van der Waals surface area contributed by atoms with Crippen molar-refractivity contribution in [3.05, 3.63) is 113 Å². The summed E-state index contributed by atoms with van der Waals surface area (Å²) in [6.45, 7) is 3.80. The number of hydrogen-bond donors (Lipinski definition) is 2. The van der Waals surface area contributed by atoms with Gasteiger partial charge in [0.1, 0.15) is 18.1 Å². The first-order valence-corrected chi connectivity index (χ1v) is 12.8. The number of rotatable bonds is 9. The van der Waals surface area contributed by atoms with Crippen LogP contribution < -0.4 is 10.1 Å². The minimum absolute atomic E-state index is 0.00534. The summed E-state index contributed by atoms with van der Waals surface area (Å²) in [7, 11) is 1.42. The molecule has 2 aromatic heterocycles. The van der Waals surface area contributed by atoms with E-state index in [0.29, 0.717) is 28.3 Å². The number of phenolic OH excluding ortho intramolecular Hbond substituents is 1. The van der Waals surface area contributed by atoms with Gasteiger partial charge >= 0.3 is 0 Å². The second-order valence-corrected chi connectivity index (χ2v) is 9.40. The molecule has 5 rings (SSSR count). The Morgan fingerprint density at radius 3 is 2.44 bits per heavy atom. The molecule has 0 radical (unpaired) electrons. The molecular weight excluding hydrogens is 524 g/mol. The van der Waals surface area contributed by atoms with Crippen LogP contribution in [0.25, 0.3) is 5.69 Å². The number of para-hydroxylation sites is 1. The number of benzene rings is 3. The molecule has 0 unspecified atom stereocenters. The molecule has 0 aliphatic heterocycles. The van der Waals surface area contributed by atoms with Crippen LogP contribution in [-0.4, -0.2) is 49.1 Å². The largest absolute Gasteiger partial charge is 0.504 e. The number of aryl methyl sites for hydroxylation is 2. The fraction of sp³-hybridized carbons (Fsp3) is 0.167. The van der Waals surface area contributed by atoms with Gasteiger partial charge < -0.3 is 24.5 Å². The molecule has 208 valence electrons. The number of methoxy groups -OCH3 is 1. The Labute approximate surface area is 236 Å². The van der Waals surface area contributed by atoms with Crippen LogP contribution in [0.2, 0.25) is 0 Å². The lowest BCUT2D eigenvalue weighted by Gasteiger charge is -2.31. The van der Waals surface area contributed by atoms with Crippen molar-refractivity contribution in [1.29, 1.82) is 0 Å². The van der Waals surface area contributed by atoms with Gasteiger partial charge in [0.2, 0.25) is 0 Å². The summed E-state index contributed by atoms with van der Waals surface area (Å²) in [6.07, 6.45) is 2.96. The summed E-state index contributed by atoms with van der Waals surface area (Å²) < 4.78 is 12.4. The lowest BCUT2D eigenvalue weighted by Crippen LogP contribution is -2.41. The molecule has 0 aliphatic rings. The number of anilines is 1. The summed E-state index contributed by atoms with van der Waals surface area (Å²) in [5.41, 5.74) is 3.85. The van der Waals surface area contributed by atoms with E-state index in [1.807, 2.05) is 32.0 Å². The lowest BCUT2D eigenvalue weighted by atomic mass is 10.0. The van der Waals surface area contributed by atoms with Crippen LogP contribution in [-0.2, 0) is 11.3 Å². The zero-order valence-electron chi connectivity index (χ0n) is 22.7. The van der Waals surface area contributed by atoms with Gasteiger partial charge in [-0.1, -0.05) is 24.3 Å². The maximum Gasteiger partial charge on any atom is 0.255 e. The molecule has 5 aromatic rings. The van der Waals surface area contributed by atoms with E-state index in [4.69, 9.17) is 9.15 Å². The maximum atomic E-state index is 14.2. The maximum absolute atomic E-state index is 14.2. The third kappa shape index (κ3) is 5.78. The zero-order valence-corrected chi connectivity index (χ0v) is 22.7. The number of carbonyl (C=O) groups is 2. The number of carbonyl (C=O) groups excluding carboxylic acids is 2. The second kappa shape index (κ2) is 11.7. The molecule has 0 spiro atoms.